The third-order valence-electron chi connectivity index (χ3n) is 7.77. The minimum absolute atomic E-state index is 0.0400. The second kappa shape index (κ2) is 17.0. The SMILES string of the molecule is C[C@H](NC(=O)[C@H](CSC(c1ccccc1)(c1ccccc1)c1ccccc1)NC(=O)OCc1ccccc1)C(=O)OCc1ccccc1. The summed E-state index contributed by atoms with van der Waals surface area (Å²) in [5.74, 6) is -0.972. The van der Waals surface area contributed by atoms with E-state index in [-0.39, 0.29) is 19.0 Å². The first kappa shape index (κ1) is 34.0. The van der Waals surface area contributed by atoms with Crippen LogP contribution >= 0.6 is 11.8 Å². The van der Waals surface area contributed by atoms with Crippen molar-refractivity contribution >= 4 is 29.7 Å². The number of rotatable bonds is 14. The summed E-state index contributed by atoms with van der Waals surface area (Å²) < 4.78 is 10.2. The first-order valence-corrected chi connectivity index (χ1v) is 16.7. The lowest BCUT2D eigenvalue weighted by molar-refractivity contribution is -0.148. The molecule has 2 N–H and O–H groups in total. The third kappa shape index (κ3) is 8.92. The topological polar surface area (TPSA) is 93.7 Å². The third-order valence-corrected chi connectivity index (χ3v) is 9.41. The van der Waals surface area contributed by atoms with Gasteiger partial charge in [0.1, 0.15) is 25.3 Å². The van der Waals surface area contributed by atoms with Gasteiger partial charge in [-0.15, -0.1) is 11.8 Å². The first-order valence-electron chi connectivity index (χ1n) is 15.7. The van der Waals surface area contributed by atoms with Crippen LogP contribution in [-0.4, -0.2) is 35.8 Å². The predicted molar refractivity (Wildman–Crippen MR) is 189 cm³/mol. The van der Waals surface area contributed by atoms with E-state index in [0.29, 0.717) is 0 Å². The molecule has 0 aliphatic rings. The lowest BCUT2D eigenvalue weighted by Gasteiger charge is -2.36. The van der Waals surface area contributed by atoms with Crippen molar-refractivity contribution in [3.63, 3.8) is 0 Å². The Bertz CT molecular complexity index is 1640. The van der Waals surface area contributed by atoms with Crippen LogP contribution in [0.1, 0.15) is 34.7 Å². The van der Waals surface area contributed by atoms with E-state index in [1.807, 2.05) is 115 Å². The lowest BCUT2D eigenvalue weighted by atomic mass is 9.84. The number of amides is 2. The number of benzene rings is 5. The van der Waals surface area contributed by atoms with Crippen molar-refractivity contribution in [1.29, 1.82) is 0 Å². The van der Waals surface area contributed by atoms with Crippen molar-refractivity contribution in [1.82, 2.24) is 10.6 Å². The van der Waals surface area contributed by atoms with Gasteiger partial charge in [0.05, 0.1) is 4.75 Å². The molecule has 8 heteroatoms. The highest BCUT2D eigenvalue weighted by molar-refractivity contribution is 8.00. The molecule has 48 heavy (non-hydrogen) atoms. The monoisotopic (exact) mass is 658 g/mol. The van der Waals surface area contributed by atoms with Crippen LogP contribution in [0, 0.1) is 0 Å². The summed E-state index contributed by atoms with van der Waals surface area (Å²) in [6.07, 6.45) is -0.747. The summed E-state index contributed by atoms with van der Waals surface area (Å²) in [5.41, 5.74) is 4.68. The molecule has 0 radical (unpaired) electrons. The van der Waals surface area contributed by atoms with Gasteiger partial charge in [-0.05, 0) is 34.7 Å². The molecular formula is C40H38N2O5S. The van der Waals surface area contributed by atoms with Crippen LogP contribution in [0.5, 0.6) is 0 Å². The average Bonchev–Trinajstić information content (AvgIpc) is 3.15. The molecule has 244 valence electrons. The van der Waals surface area contributed by atoms with Crippen LogP contribution < -0.4 is 10.6 Å². The van der Waals surface area contributed by atoms with E-state index in [2.05, 4.69) is 47.0 Å². The van der Waals surface area contributed by atoms with E-state index in [4.69, 9.17) is 9.47 Å². The Labute approximate surface area is 285 Å². The van der Waals surface area contributed by atoms with Gasteiger partial charge in [0.15, 0.2) is 0 Å². The average molecular weight is 659 g/mol. The molecule has 2 atom stereocenters. The molecule has 5 aromatic carbocycles. The van der Waals surface area contributed by atoms with Crippen molar-refractivity contribution < 1.29 is 23.9 Å². The number of carbonyl (C=O) groups excluding carboxylic acids is 3. The highest BCUT2D eigenvalue weighted by atomic mass is 32.2. The number of alkyl carbamates (subject to hydrolysis) is 1. The molecule has 0 saturated carbocycles. The number of hydrogen-bond donors (Lipinski definition) is 2. The van der Waals surface area contributed by atoms with Gasteiger partial charge < -0.3 is 20.1 Å². The van der Waals surface area contributed by atoms with Crippen molar-refractivity contribution in [2.75, 3.05) is 5.75 Å². The Morgan fingerprint density at radius 2 is 0.979 bits per heavy atom. The molecule has 5 aromatic rings. The summed E-state index contributed by atoms with van der Waals surface area (Å²) in [6, 6.07) is 46.8. The number of nitrogens with one attached hydrogen (secondary N) is 2. The zero-order valence-electron chi connectivity index (χ0n) is 26.7. The summed E-state index contributed by atoms with van der Waals surface area (Å²) in [7, 11) is 0. The summed E-state index contributed by atoms with van der Waals surface area (Å²) in [4.78, 5) is 39.9. The highest BCUT2D eigenvalue weighted by Gasteiger charge is 2.39. The largest absolute Gasteiger partial charge is 0.459 e. The zero-order valence-corrected chi connectivity index (χ0v) is 27.5. The Morgan fingerprint density at radius 3 is 1.42 bits per heavy atom. The van der Waals surface area contributed by atoms with Crippen LogP contribution in [0.4, 0.5) is 4.79 Å². The van der Waals surface area contributed by atoms with Gasteiger partial charge in [-0.3, -0.25) is 4.79 Å². The van der Waals surface area contributed by atoms with Gasteiger partial charge in [-0.1, -0.05) is 152 Å². The number of hydrogen-bond acceptors (Lipinski definition) is 6. The molecule has 5 rings (SSSR count). The van der Waals surface area contributed by atoms with Crippen molar-refractivity contribution in [3.05, 3.63) is 179 Å². The Kier molecular flexibility index (Phi) is 12.0. The summed E-state index contributed by atoms with van der Waals surface area (Å²) in [6.45, 7) is 1.68. The number of thioether (sulfide) groups is 1. The number of ether oxygens (including phenoxy) is 2. The Balaban J connectivity index is 1.40. The van der Waals surface area contributed by atoms with Crippen molar-refractivity contribution in [3.8, 4) is 0 Å². The smallest absolute Gasteiger partial charge is 0.408 e. The molecule has 0 saturated heterocycles. The summed E-state index contributed by atoms with van der Waals surface area (Å²) in [5, 5.41) is 5.52. The van der Waals surface area contributed by atoms with E-state index in [1.165, 1.54) is 11.8 Å². The van der Waals surface area contributed by atoms with E-state index >= 15 is 0 Å². The summed E-state index contributed by atoms with van der Waals surface area (Å²) >= 11 is 1.52. The van der Waals surface area contributed by atoms with Crippen LogP contribution in [-0.2, 0) is 37.0 Å². The Morgan fingerprint density at radius 1 is 0.583 bits per heavy atom. The quantitative estimate of drug-likeness (QED) is 0.0965. The second-order valence-corrected chi connectivity index (χ2v) is 12.4. The van der Waals surface area contributed by atoms with Gasteiger partial charge in [-0.25, -0.2) is 9.59 Å². The molecule has 0 aliphatic carbocycles. The van der Waals surface area contributed by atoms with E-state index in [1.54, 1.807) is 6.92 Å². The van der Waals surface area contributed by atoms with E-state index in [9.17, 15) is 14.4 Å². The van der Waals surface area contributed by atoms with Gasteiger partial charge >= 0.3 is 12.1 Å². The molecule has 2 amide bonds. The maximum Gasteiger partial charge on any atom is 0.408 e. The highest BCUT2D eigenvalue weighted by Crippen LogP contribution is 2.48. The molecule has 0 fully saturated rings. The zero-order chi connectivity index (χ0) is 33.6. The Hall–Kier alpha value is -5.34. The lowest BCUT2D eigenvalue weighted by Crippen LogP contribution is -2.52. The fourth-order valence-corrected chi connectivity index (χ4v) is 6.85. The first-order chi connectivity index (χ1) is 23.5. The maximum absolute atomic E-state index is 13.9. The fourth-order valence-electron chi connectivity index (χ4n) is 5.29. The number of carbonyl (C=O) groups is 3. The fraction of sp³-hybridized carbons (Fsp3) is 0.175. The van der Waals surface area contributed by atoms with Gasteiger partial charge in [0.2, 0.25) is 5.91 Å². The number of esters is 1. The predicted octanol–water partition coefficient (Wildman–Crippen LogP) is 7.25. The van der Waals surface area contributed by atoms with E-state index in [0.717, 1.165) is 27.8 Å². The molecule has 0 heterocycles. The molecule has 0 aromatic heterocycles. The molecule has 7 nitrogen and oxygen atoms in total. The molecule has 0 bridgehead atoms. The second-order valence-electron chi connectivity index (χ2n) is 11.2. The van der Waals surface area contributed by atoms with E-state index < -0.39 is 34.8 Å². The van der Waals surface area contributed by atoms with Crippen LogP contribution in [0.15, 0.2) is 152 Å². The maximum atomic E-state index is 13.9. The minimum Gasteiger partial charge on any atom is -0.459 e. The van der Waals surface area contributed by atoms with Crippen molar-refractivity contribution in [2.45, 2.75) is 37.0 Å². The van der Waals surface area contributed by atoms with Crippen LogP contribution in [0.3, 0.4) is 0 Å². The normalized spacial score (nSPS) is 12.3. The standard InChI is InChI=1S/C40H38N2O5S/c1-30(38(44)46-27-31-17-7-2-8-18-31)41-37(43)36(42-39(45)47-28-32-19-9-3-10-20-32)29-48-40(33-21-11-4-12-22-33,34-23-13-5-14-24-34)35-25-15-6-16-26-35/h2-26,30,36H,27-29H2,1H3,(H,41,43)(H,42,45)/t30-,36-/m0/s1. The van der Waals surface area contributed by atoms with Gasteiger partial charge in [0, 0.05) is 5.75 Å². The van der Waals surface area contributed by atoms with Crippen LogP contribution in [0.2, 0.25) is 0 Å². The van der Waals surface area contributed by atoms with Crippen molar-refractivity contribution in [2.24, 2.45) is 0 Å². The molecule has 0 spiro atoms. The molecular weight excluding hydrogens is 621 g/mol. The molecule has 0 aliphatic heterocycles. The van der Waals surface area contributed by atoms with Crippen LogP contribution in [0.25, 0.3) is 0 Å². The molecule has 0 unspecified atom stereocenters. The van der Waals surface area contributed by atoms with Gasteiger partial charge in [0.25, 0.3) is 0 Å². The minimum atomic E-state index is -1.06. The van der Waals surface area contributed by atoms with Gasteiger partial charge in [-0.2, -0.15) is 0 Å².